The van der Waals surface area contributed by atoms with E-state index >= 15 is 0 Å². The number of rotatable bonds is 8. The van der Waals surface area contributed by atoms with Gasteiger partial charge < -0.3 is 15.4 Å². The molecule has 0 bridgehead atoms. The van der Waals surface area contributed by atoms with Crippen molar-refractivity contribution in [1.29, 1.82) is 0 Å². The molecular formula is C20H23BrN2O3S. The molecule has 0 heterocycles. The van der Waals surface area contributed by atoms with Crippen LogP contribution in [0, 0.1) is 6.92 Å². The first-order chi connectivity index (χ1) is 12.8. The van der Waals surface area contributed by atoms with Crippen LogP contribution in [0.4, 0.5) is 11.4 Å². The van der Waals surface area contributed by atoms with Crippen LogP contribution in [0.2, 0.25) is 0 Å². The fourth-order valence-electron chi connectivity index (χ4n) is 2.31. The van der Waals surface area contributed by atoms with E-state index in [0.717, 1.165) is 27.2 Å². The van der Waals surface area contributed by atoms with Gasteiger partial charge in [-0.3, -0.25) is 9.59 Å². The van der Waals surface area contributed by atoms with E-state index in [9.17, 15) is 9.59 Å². The number of ether oxygens (including phenoxy) is 1. The van der Waals surface area contributed by atoms with Gasteiger partial charge in [0.2, 0.25) is 11.8 Å². The molecule has 27 heavy (non-hydrogen) atoms. The molecule has 2 aromatic carbocycles. The van der Waals surface area contributed by atoms with Crippen molar-refractivity contribution >= 4 is 50.9 Å². The zero-order valence-electron chi connectivity index (χ0n) is 15.5. The normalized spacial score (nSPS) is 10.6. The quantitative estimate of drug-likeness (QED) is 0.602. The third kappa shape index (κ3) is 7.64. The van der Waals surface area contributed by atoms with Crippen molar-refractivity contribution in [1.82, 2.24) is 0 Å². The molecule has 0 aliphatic rings. The van der Waals surface area contributed by atoms with Crippen LogP contribution in [-0.4, -0.2) is 29.4 Å². The Kier molecular flexibility index (Phi) is 8.19. The number of carbonyl (C=O) groups is 2. The summed E-state index contributed by atoms with van der Waals surface area (Å²) in [5.74, 6) is 0.905. The Hall–Kier alpha value is -1.99. The van der Waals surface area contributed by atoms with Crippen LogP contribution in [0.1, 0.15) is 19.4 Å². The molecule has 0 aromatic heterocycles. The lowest BCUT2D eigenvalue weighted by Crippen LogP contribution is -2.18. The lowest BCUT2D eigenvalue weighted by molar-refractivity contribution is -0.114. The summed E-state index contributed by atoms with van der Waals surface area (Å²) in [5, 5.41) is 5.67. The highest BCUT2D eigenvalue weighted by atomic mass is 79.9. The molecule has 0 saturated heterocycles. The molecule has 144 valence electrons. The number of benzene rings is 2. The third-order valence-corrected chi connectivity index (χ3v) is 4.84. The molecule has 2 N–H and O–H groups in total. The highest BCUT2D eigenvalue weighted by molar-refractivity contribution is 9.10. The van der Waals surface area contributed by atoms with Gasteiger partial charge in [0.25, 0.3) is 0 Å². The Bertz CT molecular complexity index is 812. The van der Waals surface area contributed by atoms with Gasteiger partial charge in [-0.2, -0.15) is 0 Å². The maximum atomic E-state index is 12.1. The predicted molar refractivity (Wildman–Crippen MR) is 116 cm³/mol. The standard InChI is InChI=1S/C20H23BrN2O3S/c1-13(2)26-17-7-8-18(14(3)9-17)23-20(25)12-27-11-19(24)22-16-6-4-5-15(21)10-16/h4-10,13H,11-12H2,1-3H3,(H,22,24)(H,23,25). The number of anilines is 2. The highest BCUT2D eigenvalue weighted by Crippen LogP contribution is 2.22. The van der Waals surface area contributed by atoms with E-state index in [4.69, 9.17) is 4.74 Å². The van der Waals surface area contributed by atoms with E-state index in [1.165, 1.54) is 11.8 Å². The van der Waals surface area contributed by atoms with Crippen molar-refractivity contribution in [3.05, 3.63) is 52.5 Å². The predicted octanol–water partition coefficient (Wildman–Crippen LogP) is 4.86. The van der Waals surface area contributed by atoms with E-state index in [-0.39, 0.29) is 29.4 Å². The lowest BCUT2D eigenvalue weighted by atomic mass is 10.2. The van der Waals surface area contributed by atoms with Crippen LogP contribution in [0.5, 0.6) is 5.75 Å². The first kappa shape index (κ1) is 21.3. The van der Waals surface area contributed by atoms with Crippen LogP contribution in [-0.2, 0) is 9.59 Å². The van der Waals surface area contributed by atoms with Crippen LogP contribution in [0.25, 0.3) is 0 Å². The van der Waals surface area contributed by atoms with E-state index in [1.54, 1.807) is 0 Å². The first-order valence-corrected chi connectivity index (χ1v) is 10.5. The molecule has 0 saturated carbocycles. The summed E-state index contributed by atoms with van der Waals surface area (Å²) in [6.07, 6.45) is 0.101. The second-order valence-electron chi connectivity index (χ2n) is 6.24. The summed E-state index contributed by atoms with van der Waals surface area (Å²) >= 11 is 4.63. The molecule has 2 rings (SSSR count). The second-order valence-corrected chi connectivity index (χ2v) is 8.14. The summed E-state index contributed by atoms with van der Waals surface area (Å²) in [6, 6.07) is 12.9. The van der Waals surface area contributed by atoms with Gasteiger partial charge in [-0.15, -0.1) is 11.8 Å². The molecule has 0 unspecified atom stereocenters. The number of hydrogen-bond donors (Lipinski definition) is 2. The Labute approximate surface area is 172 Å². The zero-order valence-corrected chi connectivity index (χ0v) is 17.9. The fraction of sp³-hybridized carbons (Fsp3) is 0.300. The fourth-order valence-corrected chi connectivity index (χ4v) is 3.32. The summed E-state index contributed by atoms with van der Waals surface area (Å²) in [7, 11) is 0. The molecule has 0 radical (unpaired) electrons. The van der Waals surface area contributed by atoms with Crippen LogP contribution >= 0.6 is 27.7 Å². The minimum Gasteiger partial charge on any atom is -0.491 e. The SMILES string of the molecule is Cc1cc(OC(C)C)ccc1NC(=O)CSCC(=O)Nc1cccc(Br)c1. The molecular weight excluding hydrogens is 428 g/mol. The number of hydrogen-bond acceptors (Lipinski definition) is 4. The summed E-state index contributed by atoms with van der Waals surface area (Å²) in [5.41, 5.74) is 2.40. The van der Waals surface area contributed by atoms with Crippen molar-refractivity contribution in [3.8, 4) is 5.75 Å². The topological polar surface area (TPSA) is 67.4 Å². The zero-order chi connectivity index (χ0) is 19.8. The van der Waals surface area contributed by atoms with Gasteiger partial charge in [-0.1, -0.05) is 22.0 Å². The summed E-state index contributed by atoms with van der Waals surface area (Å²) in [4.78, 5) is 24.1. The number of halogens is 1. The van der Waals surface area contributed by atoms with Gasteiger partial charge in [0.15, 0.2) is 0 Å². The monoisotopic (exact) mass is 450 g/mol. The number of amides is 2. The number of aryl methyl sites for hydroxylation is 1. The van der Waals surface area contributed by atoms with Gasteiger partial charge in [-0.25, -0.2) is 0 Å². The van der Waals surface area contributed by atoms with E-state index in [1.807, 2.05) is 63.2 Å². The van der Waals surface area contributed by atoms with E-state index < -0.39 is 0 Å². The number of carbonyl (C=O) groups excluding carboxylic acids is 2. The Balaban J connectivity index is 1.76. The minimum absolute atomic E-state index is 0.101. The van der Waals surface area contributed by atoms with E-state index in [0.29, 0.717) is 0 Å². The molecule has 0 aliphatic heterocycles. The van der Waals surface area contributed by atoms with Gasteiger partial charge >= 0.3 is 0 Å². The van der Waals surface area contributed by atoms with Gasteiger partial charge in [-0.05, 0) is 62.7 Å². The van der Waals surface area contributed by atoms with Crippen molar-refractivity contribution in [2.24, 2.45) is 0 Å². The lowest BCUT2D eigenvalue weighted by Gasteiger charge is -2.13. The first-order valence-electron chi connectivity index (χ1n) is 8.54. The van der Waals surface area contributed by atoms with Crippen molar-refractivity contribution < 1.29 is 14.3 Å². The Morgan fingerprint density at radius 2 is 1.78 bits per heavy atom. The average molecular weight is 451 g/mol. The number of nitrogens with one attached hydrogen (secondary N) is 2. The smallest absolute Gasteiger partial charge is 0.234 e. The molecule has 2 amide bonds. The molecule has 0 fully saturated rings. The van der Waals surface area contributed by atoms with Gasteiger partial charge in [0.1, 0.15) is 5.75 Å². The Morgan fingerprint density at radius 3 is 2.41 bits per heavy atom. The maximum Gasteiger partial charge on any atom is 0.234 e. The van der Waals surface area contributed by atoms with Crippen molar-refractivity contribution in [3.63, 3.8) is 0 Å². The van der Waals surface area contributed by atoms with E-state index in [2.05, 4.69) is 26.6 Å². The van der Waals surface area contributed by atoms with Gasteiger partial charge in [0, 0.05) is 15.8 Å². The van der Waals surface area contributed by atoms with Crippen LogP contribution < -0.4 is 15.4 Å². The van der Waals surface area contributed by atoms with Crippen molar-refractivity contribution in [2.45, 2.75) is 26.9 Å². The molecule has 0 spiro atoms. The molecule has 7 heteroatoms. The molecule has 2 aromatic rings. The Morgan fingerprint density at radius 1 is 1.07 bits per heavy atom. The molecule has 5 nitrogen and oxygen atoms in total. The summed E-state index contributed by atoms with van der Waals surface area (Å²) in [6.45, 7) is 5.85. The highest BCUT2D eigenvalue weighted by Gasteiger charge is 2.09. The van der Waals surface area contributed by atoms with Gasteiger partial charge in [0.05, 0.1) is 17.6 Å². The van der Waals surface area contributed by atoms with Crippen molar-refractivity contribution in [2.75, 3.05) is 22.1 Å². The molecule has 0 atom stereocenters. The average Bonchev–Trinajstić information content (AvgIpc) is 2.57. The van der Waals surface area contributed by atoms with Crippen LogP contribution in [0.15, 0.2) is 46.9 Å². The minimum atomic E-state index is -0.143. The van der Waals surface area contributed by atoms with Crippen LogP contribution in [0.3, 0.4) is 0 Å². The summed E-state index contributed by atoms with van der Waals surface area (Å²) < 4.78 is 6.53. The third-order valence-electron chi connectivity index (χ3n) is 3.42. The maximum absolute atomic E-state index is 12.1. The molecule has 0 aliphatic carbocycles. The second kappa shape index (κ2) is 10.4. The largest absolute Gasteiger partial charge is 0.491 e. The number of thioether (sulfide) groups is 1.